The zero-order valence-corrected chi connectivity index (χ0v) is 13.8. The maximum absolute atomic E-state index is 12.2. The number of nitrogens with one attached hydrogen (secondary N) is 1. The second-order valence-corrected chi connectivity index (χ2v) is 5.71. The average Bonchev–Trinajstić information content (AvgIpc) is 2.56. The van der Waals surface area contributed by atoms with Crippen LogP contribution in [0.4, 0.5) is 5.69 Å². The second kappa shape index (κ2) is 7.97. The number of unbranched alkanes of at least 4 members (excludes halogenated alkanes) is 1. The first-order valence-corrected chi connectivity index (χ1v) is 8.16. The molecular weight excluding hydrogens is 294 g/mol. The number of fused-ring (bicyclic) bond motifs is 1. The summed E-state index contributed by atoms with van der Waals surface area (Å²) in [4.78, 5) is 25.7. The van der Waals surface area contributed by atoms with Crippen LogP contribution in [0.1, 0.15) is 44.7 Å². The predicted octanol–water partition coefficient (Wildman–Crippen LogP) is 1.74. The van der Waals surface area contributed by atoms with Gasteiger partial charge in [0.25, 0.3) is 5.91 Å². The highest BCUT2D eigenvalue weighted by molar-refractivity contribution is 6.02. The molecule has 0 fully saturated rings. The van der Waals surface area contributed by atoms with Crippen molar-refractivity contribution in [3.63, 3.8) is 0 Å². The van der Waals surface area contributed by atoms with E-state index in [1.54, 1.807) is 0 Å². The molecule has 0 saturated heterocycles. The van der Waals surface area contributed by atoms with E-state index in [1.807, 2.05) is 25.1 Å². The fourth-order valence-corrected chi connectivity index (χ4v) is 2.46. The second-order valence-electron chi connectivity index (χ2n) is 5.71. The van der Waals surface area contributed by atoms with Gasteiger partial charge in [-0.25, -0.2) is 0 Å². The molecule has 3 N–H and O–H groups in total. The molecule has 0 saturated carbocycles. The van der Waals surface area contributed by atoms with Crippen LogP contribution in [0.15, 0.2) is 18.2 Å². The lowest BCUT2D eigenvalue weighted by Gasteiger charge is -2.29. The third kappa shape index (κ3) is 4.22. The Morgan fingerprint density at radius 1 is 1.43 bits per heavy atom. The molecule has 23 heavy (non-hydrogen) atoms. The van der Waals surface area contributed by atoms with E-state index in [0.29, 0.717) is 18.0 Å². The zero-order valence-electron chi connectivity index (χ0n) is 13.8. The molecule has 126 valence electrons. The Morgan fingerprint density at radius 3 is 2.91 bits per heavy atom. The summed E-state index contributed by atoms with van der Waals surface area (Å²) in [6.07, 6.45) is 2.73. The van der Waals surface area contributed by atoms with Gasteiger partial charge in [0.15, 0.2) is 6.61 Å². The third-order valence-corrected chi connectivity index (χ3v) is 3.95. The molecule has 0 spiro atoms. The van der Waals surface area contributed by atoms with E-state index in [9.17, 15) is 9.59 Å². The minimum Gasteiger partial charge on any atom is -0.482 e. The Kier molecular flexibility index (Phi) is 5.98. The van der Waals surface area contributed by atoms with Crippen molar-refractivity contribution in [2.75, 3.05) is 24.6 Å². The number of benzene rings is 1. The molecule has 6 nitrogen and oxygen atoms in total. The number of rotatable bonds is 7. The summed E-state index contributed by atoms with van der Waals surface area (Å²) < 4.78 is 5.45. The Bertz CT molecular complexity index is 574. The molecule has 6 heteroatoms. The number of hydrogen-bond donors (Lipinski definition) is 2. The molecule has 1 aliphatic rings. The van der Waals surface area contributed by atoms with Gasteiger partial charge in [-0.1, -0.05) is 26.3 Å². The largest absolute Gasteiger partial charge is 0.482 e. The van der Waals surface area contributed by atoms with E-state index in [2.05, 4.69) is 12.2 Å². The van der Waals surface area contributed by atoms with Crippen LogP contribution in [-0.2, 0) is 9.59 Å². The van der Waals surface area contributed by atoms with Crippen LogP contribution >= 0.6 is 0 Å². The van der Waals surface area contributed by atoms with Crippen LogP contribution in [0.2, 0.25) is 0 Å². The molecule has 1 heterocycles. The van der Waals surface area contributed by atoms with Crippen LogP contribution in [0.5, 0.6) is 5.75 Å². The molecule has 1 unspecified atom stereocenters. The summed E-state index contributed by atoms with van der Waals surface area (Å²) in [6.45, 7) is 4.65. The maximum Gasteiger partial charge on any atom is 0.265 e. The Labute approximate surface area is 137 Å². The first-order valence-electron chi connectivity index (χ1n) is 8.16. The molecule has 0 aliphatic carbocycles. The molecule has 1 atom stereocenters. The lowest BCUT2D eigenvalue weighted by Crippen LogP contribution is -2.45. The Balaban J connectivity index is 2.17. The SMILES string of the molecule is CCCCNC(=O)CN1C(=O)COc2ccc(C(N)CC)cc21. The number of ether oxygens (including phenoxy) is 1. The van der Waals surface area contributed by atoms with Gasteiger partial charge in [0.1, 0.15) is 12.3 Å². The number of nitrogens with two attached hydrogens (primary N) is 1. The van der Waals surface area contributed by atoms with Crippen molar-refractivity contribution in [1.82, 2.24) is 5.32 Å². The van der Waals surface area contributed by atoms with Crippen molar-refractivity contribution in [3.8, 4) is 5.75 Å². The molecule has 1 aromatic rings. The number of amides is 2. The normalized spacial score (nSPS) is 14.9. The monoisotopic (exact) mass is 319 g/mol. The predicted molar refractivity (Wildman–Crippen MR) is 89.4 cm³/mol. The van der Waals surface area contributed by atoms with Crippen LogP contribution in [0, 0.1) is 0 Å². The van der Waals surface area contributed by atoms with Gasteiger partial charge >= 0.3 is 0 Å². The lowest BCUT2D eigenvalue weighted by atomic mass is 10.0. The first-order chi connectivity index (χ1) is 11.1. The first kappa shape index (κ1) is 17.3. The minimum atomic E-state index is -0.217. The van der Waals surface area contributed by atoms with Crippen LogP contribution in [0.3, 0.4) is 0 Å². The lowest BCUT2D eigenvalue weighted by molar-refractivity contribution is -0.125. The van der Waals surface area contributed by atoms with Gasteiger partial charge in [-0.15, -0.1) is 0 Å². The van der Waals surface area contributed by atoms with E-state index in [0.717, 1.165) is 24.8 Å². The summed E-state index contributed by atoms with van der Waals surface area (Å²) in [7, 11) is 0. The van der Waals surface area contributed by atoms with Crippen molar-refractivity contribution < 1.29 is 14.3 Å². The van der Waals surface area contributed by atoms with E-state index in [4.69, 9.17) is 10.5 Å². The number of carbonyl (C=O) groups excluding carboxylic acids is 2. The fourth-order valence-electron chi connectivity index (χ4n) is 2.46. The highest BCUT2D eigenvalue weighted by Crippen LogP contribution is 2.34. The zero-order chi connectivity index (χ0) is 16.8. The molecule has 2 rings (SSSR count). The standard InChI is InChI=1S/C17H25N3O3/c1-3-5-8-19-16(21)10-20-14-9-12(13(18)4-2)6-7-15(14)23-11-17(20)22/h6-7,9,13H,3-5,8,10-11,18H2,1-2H3,(H,19,21). The van der Waals surface area contributed by atoms with Crippen molar-refractivity contribution in [3.05, 3.63) is 23.8 Å². The van der Waals surface area contributed by atoms with Crippen LogP contribution in [-0.4, -0.2) is 31.5 Å². The number of anilines is 1. The Morgan fingerprint density at radius 2 is 2.22 bits per heavy atom. The molecule has 2 amide bonds. The summed E-state index contributed by atoms with van der Waals surface area (Å²) >= 11 is 0. The molecule has 1 aromatic carbocycles. The molecule has 1 aliphatic heterocycles. The van der Waals surface area contributed by atoms with Crippen LogP contribution < -0.4 is 20.7 Å². The highest BCUT2D eigenvalue weighted by atomic mass is 16.5. The summed E-state index contributed by atoms with van der Waals surface area (Å²) in [5.74, 6) is 0.230. The third-order valence-electron chi connectivity index (χ3n) is 3.95. The minimum absolute atomic E-state index is 0.00369. The Hall–Kier alpha value is -2.08. The van der Waals surface area contributed by atoms with Gasteiger partial charge in [-0.2, -0.15) is 0 Å². The quantitative estimate of drug-likeness (QED) is 0.750. The van der Waals surface area contributed by atoms with Gasteiger partial charge in [0.2, 0.25) is 5.91 Å². The van der Waals surface area contributed by atoms with Gasteiger partial charge in [-0.3, -0.25) is 14.5 Å². The highest BCUT2D eigenvalue weighted by Gasteiger charge is 2.27. The summed E-state index contributed by atoms with van der Waals surface area (Å²) in [6, 6.07) is 5.47. The summed E-state index contributed by atoms with van der Waals surface area (Å²) in [5, 5.41) is 2.83. The molecule has 0 radical (unpaired) electrons. The molecule has 0 bridgehead atoms. The van der Waals surface area contributed by atoms with Crippen molar-refractivity contribution in [1.29, 1.82) is 0 Å². The number of carbonyl (C=O) groups is 2. The van der Waals surface area contributed by atoms with Gasteiger partial charge in [0.05, 0.1) is 5.69 Å². The van der Waals surface area contributed by atoms with E-state index < -0.39 is 0 Å². The van der Waals surface area contributed by atoms with E-state index >= 15 is 0 Å². The van der Waals surface area contributed by atoms with Gasteiger partial charge in [0, 0.05) is 12.6 Å². The van der Waals surface area contributed by atoms with Crippen LogP contribution in [0.25, 0.3) is 0 Å². The van der Waals surface area contributed by atoms with Gasteiger partial charge < -0.3 is 15.8 Å². The topological polar surface area (TPSA) is 84.7 Å². The van der Waals surface area contributed by atoms with Crippen molar-refractivity contribution in [2.45, 2.75) is 39.2 Å². The van der Waals surface area contributed by atoms with E-state index in [1.165, 1.54) is 4.90 Å². The van der Waals surface area contributed by atoms with Crippen molar-refractivity contribution >= 4 is 17.5 Å². The number of nitrogens with zero attached hydrogens (tertiary/aromatic N) is 1. The van der Waals surface area contributed by atoms with Gasteiger partial charge in [-0.05, 0) is 30.5 Å². The maximum atomic E-state index is 12.2. The summed E-state index contributed by atoms with van der Waals surface area (Å²) in [5.41, 5.74) is 7.62. The van der Waals surface area contributed by atoms with Crippen molar-refractivity contribution in [2.24, 2.45) is 5.73 Å². The van der Waals surface area contributed by atoms with E-state index in [-0.39, 0.29) is 31.0 Å². The molecule has 0 aromatic heterocycles. The smallest absolute Gasteiger partial charge is 0.265 e. The molecular formula is C17H25N3O3. The average molecular weight is 319 g/mol. The fraction of sp³-hybridized carbons (Fsp3) is 0.529. The number of hydrogen-bond acceptors (Lipinski definition) is 4.